The fourth-order valence-electron chi connectivity index (χ4n) is 1.44. The van der Waals surface area contributed by atoms with Crippen molar-refractivity contribution in [1.29, 1.82) is 0 Å². The molecule has 2 heterocycles. The third kappa shape index (κ3) is 2.59. The number of fused-ring (bicyclic) bond motifs is 1. The van der Waals surface area contributed by atoms with Gasteiger partial charge in [-0.3, -0.25) is 0 Å². The molecule has 0 atom stereocenters. The average molecular weight is 208 g/mol. The summed E-state index contributed by atoms with van der Waals surface area (Å²) in [4.78, 5) is 4.33. The molecule has 0 spiro atoms. The van der Waals surface area contributed by atoms with Crippen molar-refractivity contribution >= 4 is 0 Å². The van der Waals surface area contributed by atoms with E-state index in [1.165, 1.54) is 0 Å². The normalized spacial score (nSPS) is 15.0. The zero-order valence-corrected chi connectivity index (χ0v) is 8.95. The minimum atomic E-state index is 0.650. The van der Waals surface area contributed by atoms with Gasteiger partial charge in [0.25, 0.3) is 0 Å². The molecular weight excluding hydrogens is 192 g/mol. The lowest BCUT2D eigenvalue weighted by Crippen LogP contribution is -2.16. The van der Waals surface area contributed by atoms with Gasteiger partial charge < -0.3 is 14.8 Å². The van der Waals surface area contributed by atoms with Crippen LogP contribution in [0.2, 0.25) is 0 Å². The highest BCUT2D eigenvalue weighted by molar-refractivity contribution is 5.31. The molecule has 4 heteroatoms. The summed E-state index contributed by atoms with van der Waals surface area (Å²) < 4.78 is 11.0. The number of rotatable bonds is 3. The maximum atomic E-state index is 5.52. The predicted molar refractivity (Wildman–Crippen MR) is 57.2 cm³/mol. The van der Waals surface area contributed by atoms with Crippen LogP contribution in [0.1, 0.15) is 18.9 Å². The molecule has 0 radical (unpaired) electrons. The molecule has 0 aliphatic carbocycles. The first kappa shape index (κ1) is 10.2. The Kier molecular flexibility index (Phi) is 3.40. The zero-order chi connectivity index (χ0) is 10.5. The van der Waals surface area contributed by atoms with E-state index in [1.54, 1.807) is 0 Å². The molecule has 4 nitrogen and oxygen atoms in total. The highest BCUT2D eigenvalue weighted by atomic mass is 16.5. The second kappa shape index (κ2) is 4.98. The molecule has 0 amide bonds. The quantitative estimate of drug-likeness (QED) is 0.814. The van der Waals surface area contributed by atoms with Crippen molar-refractivity contribution in [3.8, 4) is 11.8 Å². The van der Waals surface area contributed by atoms with E-state index in [9.17, 15) is 0 Å². The molecule has 0 saturated carbocycles. The lowest BCUT2D eigenvalue weighted by molar-refractivity contribution is 0.284. The van der Waals surface area contributed by atoms with Crippen molar-refractivity contribution in [2.24, 2.45) is 0 Å². The van der Waals surface area contributed by atoms with Gasteiger partial charge >= 0.3 is 0 Å². The van der Waals surface area contributed by atoms with Gasteiger partial charge in [-0.1, -0.05) is 6.92 Å². The molecule has 0 unspecified atom stereocenters. The first-order chi connectivity index (χ1) is 7.40. The molecule has 2 rings (SSSR count). The molecule has 0 bridgehead atoms. The van der Waals surface area contributed by atoms with Crippen LogP contribution < -0.4 is 14.8 Å². The number of pyridine rings is 1. The van der Waals surface area contributed by atoms with E-state index >= 15 is 0 Å². The Balaban J connectivity index is 2.13. The van der Waals surface area contributed by atoms with Crippen molar-refractivity contribution in [3.05, 3.63) is 17.7 Å². The molecule has 0 saturated heterocycles. The first-order valence-corrected chi connectivity index (χ1v) is 5.36. The van der Waals surface area contributed by atoms with Crippen LogP contribution in [0.25, 0.3) is 0 Å². The fraction of sp³-hybridized carbons (Fsp3) is 0.545. The maximum absolute atomic E-state index is 5.52. The van der Waals surface area contributed by atoms with Crippen molar-refractivity contribution < 1.29 is 9.47 Å². The second-order valence-corrected chi connectivity index (χ2v) is 3.49. The molecule has 0 fully saturated rings. The Morgan fingerprint density at radius 2 is 2.47 bits per heavy atom. The zero-order valence-electron chi connectivity index (χ0n) is 8.95. The summed E-state index contributed by atoms with van der Waals surface area (Å²) in [7, 11) is 0. The van der Waals surface area contributed by atoms with Gasteiger partial charge in [-0.25, -0.2) is 0 Å². The van der Waals surface area contributed by atoms with Gasteiger partial charge in [0, 0.05) is 24.7 Å². The number of nitrogens with one attached hydrogen (secondary N) is 1. The van der Waals surface area contributed by atoms with Crippen LogP contribution in [-0.2, 0) is 6.54 Å². The molecular formula is C11H16N2O2. The van der Waals surface area contributed by atoms with Crippen molar-refractivity contribution in [2.75, 3.05) is 19.8 Å². The molecule has 1 aliphatic rings. The highest BCUT2D eigenvalue weighted by Crippen LogP contribution is 2.21. The van der Waals surface area contributed by atoms with E-state index in [0.717, 1.165) is 25.1 Å². The Morgan fingerprint density at radius 3 is 3.33 bits per heavy atom. The minimum Gasteiger partial charge on any atom is -0.478 e. The van der Waals surface area contributed by atoms with E-state index in [4.69, 9.17) is 9.47 Å². The first-order valence-electron chi connectivity index (χ1n) is 5.36. The van der Waals surface area contributed by atoms with E-state index in [1.807, 2.05) is 12.1 Å². The third-order valence-electron chi connectivity index (χ3n) is 2.20. The van der Waals surface area contributed by atoms with Gasteiger partial charge in [0.15, 0.2) is 0 Å². The summed E-state index contributed by atoms with van der Waals surface area (Å²) in [5.41, 5.74) is 1.09. The summed E-state index contributed by atoms with van der Waals surface area (Å²) >= 11 is 0. The summed E-state index contributed by atoms with van der Waals surface area (Å²) in [6.07, 6.45) is 0.987. The van der Waals surface area contributed by atoms with Crippen LogP contribution >= 0.6 is 0 Å². The van der Waals surface area contributed by atoms with Crippen LogP contribution in [0.4, 0.5) is 0 Å². The fourth-order valence-corrected chi connectivity index (χ4v) is 1.44. The van der Waals surface area contributed by atoms with Crippen molar-refractivity contribution in [3.63, 3.8) is 0 Å². The number of ether oxygens (including phenoxy) is 2. The summed E-state index contributed by atoms with van der Waals surface area (Å²) in [6, 6.07) is 3.90. The number of aromatic nitrogens is 1. The summed E-state index contributed by atoms with van der Waals surface area (Å²) in [5.74, 6) is 1.35. The minimum absolute atomic E-state index is 0.650. The lowest BCUT2D eigenvalue weighted by Gasteiger charge is -2.08. The van der Waals surface area contributed by atoms with Crippen molar-refractivity contribution in [1.82, 2.24) is 10.3 Å². The summed E-state index contributed by atoms with van der Waals surface area (Å²) in [6.45, 7) is 5.11. The molecule has 0 aromatic carbocycles. The third-order valence-corrected chi connectivity index (χ3v) is 2.20. The van der Waals surface area contributed by atoms with Gasteiger partial charge in [0.2, 0.25) is 11.8 Å². The predicted octanol–water partition coefficient (Wildman–Crippen LogP) is 1.35. The Hall–Kier alpha value is -1.29. The van der Waals surface area contributed by atoms with Crippen LogP contribution in [0.5, 0.6) is 11.8 Å². The van der Waals surface area contributed by atoms with E-state index < -0.39 is 0 Å². The lowest BCUT2D eigenvalue weighted by atomic mass is 10.2. The molecule has 1 aromatic rings. The summed E-state index contributed by atoms with van der Waals surface area (Å²) in [5, 5.41) is 3.26. The van der Waals surface area contributed by atoms with Gasteiger partial charge in [0.1, 0.15) is 6.61 Å². The average Bonchev–Trinajstić information content (AvgIpc) is 2.50. The maximum Gasteiger partial charge on any atom is 0.221 e. The molecule has 1 N–H and O–H groups in total. The van der Waals surface area contributed by atoms with Gasteiger partial charge in [-0.05, 0) is 12.5 Å². The van der Waals surface area contributed by atoms with E-state index in [2.05, 4.69) is 17.2 Å². The largest absolute Gasteiger partial charge is 0.478 e. The van der Waals surface area contributed by atoms with Gasteiger partial charge in [-0.15, -0.1) is 0 Å². The molecule has 1 aromatic heterocycles. The van der Waals surface area contributed by atoms with Crippen molar-refractivity contribution in [2.45, 2.75) is 19.9 Å². The van der Waals surface area contributed by atoms with Gasteiger partial charge in [0.05, 0.1) is 6.61 Å². The molecule has 1 aliphatic heterocycles. The smallest absolute Gasteiger partial charge is 0.221 e. The second-order valence-electron chi connectivity index (χ2n) is 3.49. The van der Waals surface area contributed by atoms with Crippen LogP contribution in [0.15, 0.2) is 12.1 Å². The Bertz CT molecular complexity index is 328. The molecule has 82 valence electrons. The monoisotopic (exact) mass is 208 g/mol. The van der Waals surface area contributed by atoms with Crippen LogP contribution in [0, 0.1) is 0 Å². The Morgan fingerprint density at radius 1 is 1.53 bits per heavy atom. The van der Waals surface area contributed by atoms with Crippen LogP contribution in [0.3, 0.4) is 0 Å². The molecule has 15 heavy (non-hydrogen) atoms. The topological polar surface area (TPSA) is 43.4 Å². The number of hydrogen-bond acceptors (Lipinski definition) is 4. The number of nitrogens with zero attached hydrogens (tertiary/aromatic N) is 1. The number of hydrogen-bond donors (Lipinski definition) is 1. The highest BCUT2D eigenvalue weighted by Gasteiger charge is 2.10. The Labute approximate surface area is 89.6 Å². The van der Waals surface area contributed by atoms with Crippen LogP contribution in [-0.4, -0.2) is 24.7 Å². The standard InChI is InChI=1S/C11H16N2O2/c1-2-6-14-10-4-3-9-8-12-5-7-15-11(9)13-10/h3-4,12H,2,5-8H2,1H3. The SMILES string of the molecule is CCCOc1ccc2c(n1)OCCNC2. The van der Waals surface area contributed by atoms with E-state index in [0.29, 0.717) is 25.0 Å². The van der Waals surface area contributed by atoms with Gasteiger partial charge in [-0.2, -0.15) is 4.98 Å². The van der Waals surface area contributed by atoms with E-state index in [-0.39, 0.29) is 0 Å².